The molecular weight excluding hydrogens is 326 g/mol. The second-order valence-corrected chi connectivity index (χ2v) is 5.97. The van der Waals surface area contributed by atoms with Gasteiger partial charge in [-0.1, -0.05) is 6.07 Å². The van der Waals surface area contributed by atoms with Crippen molar-refractivity contribution in [1.29, 1.82) is 0 Å². The standard InChI is InChI=1S/C14H16BrNO2S/c1-17-12-4-3-9(7-13(12)18-2)11(16)8-14-10(15)5-6-19-14/h3-7,11H,8,16H2,1-2H3. The number of hydrogen-bond acceptors (Lipinski definition) is 4. The first-order chi connectivity index (χ1) is 9.15. The summed E-state index contributed by atoms with van der Waals surface area (Å²) in [6, 6.07) is 7.78. The van der Waals surface area contributed by atoms with Gasteiger partial charge in [-0.05, 0) is 45.1 Å². The fraction of sp³-hybridized carbons (Fsp3) is 0.286. The van der Waals surface area contributed by atoms with E-state index >= 15 is 0 Å². The van der Waals surface area contributed by atoms with Crippen molar-refractivity contribution in [3.8, 4) is 11.5 Å². The molecule has 1 atom stereocenters. The molecule has 19 heavy (non-hydrogen) atoms. The van der Waals surface area contributed by atoms with Crippen LogP contribution >= 0.6 is 27.3 Å². The molecule has 0 aliphatic carbocycles. The minimum Gasteiger partial charge on any atom is -0.493 e. The van der Waals surface area contributed by atoms with Crippen LogP contribution in [0.1, 0.15) is 16.5 Å². The number of halogens is 1. The highest BCUT2D eigenvalue weighted by Crippen LogP contribution is 2.32. The number of benzene rings is 1. The van der Waals surface area contributed by atoms with E-state index < -0.39 is 0 Å². The highest BCUT2D eigenvalue weighted by atomic mass is 79.9. The van der Waals surface area contributed by atoms with Crippen LogP contribution in [0.3, 0.4) is 0 Å². The molecule has 2 aromatic rings. The molecule has 0 saturated carbocycles. The summed E-state index contributed by atoms with van der Waals surface area (Å²) in [4.78, 5) is 1.25. The largest absolute Gasteiger partial charge is 0.493 e. The second kappa shape index (κ2) is 6.41. The fourth-order valence-electron chi connectivity index (χ4n) is 1.87. The Balaban J connectivity index is 2.19. The van der Waals surface area contributed by atoms with E-state index in [0.717, 1.165) is 22.2 Å². The van der Waals surface area contributed by atoms with Gasteiger partial charge in [0.05, 0.1) is 14.2 Å². The van der Waals surface area contributed by atoms with Gasteiger partial charge in [-0.3, -0.25) is 0 Å². The van der Waals surface area contributed by atoms with Crippen LogP contribution in [0.2, 0.25) is 0 Å². The van der Waals surface area contributed by atoms with Crippen molar-refractivity contribution in [2.45, 2.75) is 12.5 Å². The topological polar surface area (TPSA) is 44.5 Å². The first-order valence-electron chi connectivity index (χ1n) is 5.85. The van der Waals surface area contributed by atoms with E-state index in [9.17, 15) is 0 Å². The van der Waals surface area contributed by atoms with Crippen LogP contribution in [-0.2, 0) is 6.42 Å². The predicted octanol–water partition coefficient (Wildman–Crippen LogP) is 3.77. The first-order valence-corrected chi connectivity index (χ1v) is 7.52. The molecule has 1 heterocycles. The molecular formula is C14H16BrNO2S. The van der Waals surface area contributed by atoms with E-state index in [2.05, 4.69) is 21.3 Å². The molecule has 1 aromatic heterocycles. The molecule has 0 saturated heterocycles. The van der Waals surface area contributed by atoms with Crippen molar-refractivity contribution < 1.29 is 9.47 Å². The number of nitrogens with two attached hydrogens (primary N) is 1. The zero-order chi connectivity index (χ0) is 13.8. The van der Waals surface area contributed by atoms with Crippen LogP contribution in [0.5, 0.6) is 11.5 Å². The van der Waals surface area contributed by atoms with Crippen molar-refractivity contribution in [3.05, 3.63) is 44.6 Å². The molecule has 1 aromatic carbocycles. The lowest BCUT2D eigenvalue weighted by molar-refractivity contribution is 0.354. The Morgan fingerprint density at radius 1 is 1.21 bits per heavy atom. The molecule has 0 aliphatic rings. The van der Waals surface area contributed by atoms with Crippen LogP contribution in [0.25, 0.3) is 0 Å². The molecule has 0 fully saturated rings. The van der Waals surface area contributed by atoms with E-state index in [1.807, 2.05) is 24.3 Å². The van der Waals surface area contributed by atoms with E-state index in [0.29, 0.717) is 5.75 Å². The van der Waals surface area contributed by atoms with E-state index in [1.165, 1.54) is 4.88 Å². The first kappa shape index (κ1) is 14.4. The molecule has 0 aliphatic heterocycles. The summed E-state index contributed by atoms with van der Waals surface area (Å²) in [6.45, 7) is 0. The Bertz CT molecular complexity index is 556. The van der Waals surface area contributed by atoms with Crippen LogP contribution in [0.4, 0.5) is 0 Å². The lowest BCUT2D eigenvalue weighted by Gasteiger charge is -2.14. The van der Waals surface area contributed by atoms with Crippen molar-refractivity contribution in [2.75, 3.05) is 14.2 Å². The number of hydrogen-bond donors (Lipinski definition) is 1. The van der Waals surface area contributed by atoms with Gasteiger partial charge in [0.15, 0.2) is 11.5 Å². The molecule has 2 N–H and O–H groups in total. The lowest BCUT2D eigenvalue weighted by atomic mass is 10.0. The maximum absolute atomic E-state index is 6.26. The Morgan fingerprint density at radius 2 is 1.95 bits per heavy atom. The minimum absolute atomic E-state index is 0.0604. The summed E-state index contributed by atoms with van der Waals surface area (Å²) < 4.78 is 11.6. The van der Waals surface area contributed by atoms with E-state index in [-0.39, 0.29) is 6.04 Å². The van der Waals surface area contributed by atoms with Crippen molar-refractivity contribution in [2.24, 2.45) is 5.73 Å². The SMILES string of the molecule is COc1ccc(C(N)Cc2sccc2Br)cc1OC. The van der Waals surface area contributed by atoms with Crippen LogP contribution < -0.4 is 15.2 Å². The zero-order valence-electron chi connectivity index (χ0n) is 10.9. The lowest BCUT2D eigenvalue weighted by Crippen LogP contribution is -2.13. The number of ether oxygens (including phenoxy) is 2. The van der Waals surface area contributed by atoms with Gasteiger partial charge in [-0.15, -0.1) is 11.3 Å². The average Bonchev–Trinajstić information content (AvgIpc) is 2.83. The van der Waals surface area contributed by atoms with Gasteiger partial charge in [-0.25, -0.2) is 0 Å². The Labute approximate surface area is 125 Å². The van der Waals surface area contributed by atoms with Crippen LogP contribution in [-0.4, -0.2) is 14.2 Å². The Kier molecular flexibility index (Phi) is 4.85. The van der Waals surface area contributed by atoms with Crippen molar-refractivity contribution in [1.82, 2.24) is 0 Å². The van der Waals surface area contributed by atoms with Crippen LogP contribution in [0.15, 0.2) is 34.1 Å². The maximum Gasteiger partial charge on any atom is 0.161 e. The number of rotatable bonds is 5. The maximum atomic E-state index is 6.26. The summed E-state index contributed by atoms with van der Waals surface area (Å²) in [6.07, 6.45) is 0.799. The normalized spacial score (nSPS) is 12.2. The quantitative estimate of drug-likeness (QED) is 0.900. The highest BCUT2D eigenvalue weighted by Gasteiger charge is 2.13. The summed E-state index contributed by atoms with van der Waals surface area (Å²) >= 11 is 5.24. The van der Waals surface area contributed by atoms with Gasteiger partial charge < -0.3 is 15.2 Å². The molecule has 102 valence electrons. The van der Waals surface area contributed by atoms with Gasteiger partial charge in [0.1, 0.15) is 0 Å². The van der Waals surface area contributed by atoms with E-state index in [4.69, 9.17) is 15.2 Å². The molecule has 1 unspecified atom stereocenters. The fourth-order valence-corrected chi connectivity index (χ4v) is 3.45. The summed E-state index contributed by atoms with van der Waals surface area (Å²) in [5.41, 5.74) is 7.30. The summed E-state index contributed by atoms with van der Waals surface area (Å²) in [5.74, 6) is 1.43. The second-order valence-electron chi connectivity index (χ2n) is 4.12. The summed E-state index contributed by atoms with van der Waals surface area (Å²) in [7, 11) is 3.25. The molecule has 3 nitrogen and oxygen atoms in total. The van der Waals surface area contributed by atoms with Gasteiger partial charge in [-0.2, -0.15) is 0 Å². The van der Waals surface area contributed by atoms with Gasteiger partial charge >= 0.3 is 0 Å². The Hall–Kier alpha value is -1.04. The van der Waals surface area contributed by atoms with Gasteiger partial charge in [0.2, 0.25) is 0 Å². The predicted molar refractivity (Wildman–Crippen MR) is 82.2 cm³/mol. The summed E-state index contributed by atoms with van der Waals surface area (Å²) in [5, 5.41) is 2.06. The van der Waals surface area contributed by atoms with Crippen molar-refractivity contribution >= 4 is 27.3 Å². The van der Waals surface area contributed by atoms with Crippen LogP contribution in [0, 0.1) is 0 Å². The highest BCUT2D eigenvalue weighted by molar-refractivity contribution is 9.10. The van der Waals surface area contributed by atoms with Gasteiger partial charge in [0.25, 0.3) is 0 Å². The minimum atomic E-state index is -0.0604. The molecule has 0 bridgehead atoms. The monoisotopic (exact) mass is 341 g/mol. The molecule has 0 spiro atoms. The van der Waals surface area contributed by atoms with E-state index in [1.54, 1.807) is 25.6 Å². The number of methoxy groups -OCH3 is 2. The molecule has 5 heteroatoms. The smallest absolute Gasteiger partial charge is 0.161 e. The number of thiophene rings is 1. The Morgan fingerprint density at radius 3 is 2.53 bits per heavy atom. The third-order valence-corrected chi connectivity index (χ3v) is 4.88. The third kappa shape index (κ3) is 3.29. The third-order valence-electron chi connectivity index (χ3n) is 2.93. The molecule has 0 radical (unpaired) electrons. The zero-order valence-corrected chi connectivity index (χ0v) is 13.3. The van der Waals surface area contributed by atoms with Crippen molar-refractivity contribution in [3.63, 3.8) is 0 Å². The molecule has 0 amide bonds. The average molecular weight is 342 g/mol. The molecule has 2 rings (SSSR count). The van der Waals surface area contributed by atoms with Gasteiger partial charge in [0, 0.05) is 21.8 Å².